The molecule has 0 aliphatic carbocycles. The molecule has 2 atom stereocenters. The van der Waals surface area contributed by atoms with E-state index in [2.05, 4.69) is 30.7 Å². The topological polar surface area (TPSA) is 110 Å². The Kier molecular flexibility index (Phi) is 6.61. The lowest BCUT2D eigenvalue weighted by molar-refractivity contribution is -0.141. The van der Waals surface area contributed by atoms with Crippen LogP contribution >= 0.6 is 0 Å². The van der Waals surface area contributed by atoms with E-state index < -0.39 is 17.9 Å². The van der Waals surface area contributed by atoms with Gasteiger partial charge in [-0.2, -0.15) is 23.3 Å². The molecule has 4 rings (SSSR count). The summed E-state index contributed by atoms with van der Waals surface area (Å²) in [5, 5.41) is 10.3. The first-order valence-corrected chi connectivity index (χ1v) is 10.8. The molecule has 0 fully saturated rings. The highest BCUT2D eigenvalue weighted by Crippen LogP contribution is 2.33. The van der Waals surface area contributed by atoms with Crippen LogP contribution in [0.25, 0.3) is 0 Å². The minimum atomic E-state index is -4.47. The molecular weight excluding hydrogens is 465 g/mol. The molecule has 4 heterocycles. The lowest BCUT2D eigenvalue weighted by Crippen LogP contribution is -2.53. The molecule has 0 bridgehead atoms. The first-order chi connectivity index (χ1) is 16.6. The number of rotatable bonds is 7. The molecule has 0 aromatic carbocycles. The summed E-state index contributed by atoms with van der Waals surface area (Å²) in [5.41, 5.74) is 1.67. The Hall–Kier alpha value is -3.74. The van der Waals surface area contributed by atoms with E-state index >= 15 is 0 Å². The molecule has 0 spiro atoms. The van der Waals surface area contributed by atoms with E-state index in [1.165, 1.54) is 12.3 Å². The van der Waals surface area contributed by atoms with Crippen LogP contribution in [0.1, 0.15) is 29.4 Å². The molecule has 0 saturated carbocycles. The highest BCUT2D eigenvalue weighted by atomic mass is 19.4. The fourth-order valence-corrected chi connectivity index (χ4v) is 3.84. The zero-order valence-corrected chi connectivity index (χ0v) is 19.6. The summed E-state index contributed by atoms with van der Waals surface area (Å²) in [7, 11) is 3.34. The second-order valence-corrected chi connectivity index (χ2v) is 8.27. The van der Waals surface area contributed by atoms with Crippen molar-refractivity contribution in [1.29, 1.82) is 0 Å². The number of ether oxygens (including phenoxy) is 1. The zero-order chi connectivity index (χ0) is 25.3. The van der Waals surface area contributed by atoms with E-state index in [-0.39, 0.29) is 18.6 Å². The van der Waals surface area contributed by atoms with Crippen molar-refractivity contribution in [3.05, 3.63) is 53.2 Å². The number of hydrogen-bond acceptors (Lipinski definition) is 8. The van der Waals surface area contributed by atoms with Gasteiger partial charge in [0.1, 0.15) is 17.4 Å². The van der Waals surface area contributed by atoms with Crippen molar-refractivity contribution < 1.29 is 22.7 Å². The standard InChI is InChI=1S/C22H25F3N8O2/c1-12-17-19(32(3)18(13(2)35-4)20(34)30-17)31-21(29-12)27-8-15-9-28-33(11-15)10-14-5-6-16(26-7-14)22(23,24)25/h5-7,9,11,13,18H,8,10H2,1-4H3,(H,30,34)(H,27,29,31)/t13-,18+/m1/s1. The summed E-state index contributed by atoms with van der Waals surface area (Å²) in [6, 6.07) is 1.80. The molecule has 13 heteroatoms. The second-order valence-electron chi connectivity index (χ2n) is 8.27. The normalized spacial score (nSPS) is 16.6. The number of pyridine rings is 1. The Balaban J connectivity index is 1.43. The number of fused-ring (bicyclic) bond motifs is 1. The summed E-state index contributed by atoms with van der Waals surface area (Å²) in [6.07, 6.45) is -0.190. The van der Waals surface area contributed by atoms with E-state index in [0.717, 1.165) is 11.6 Å². The van der Waals surface area contributed by atoms with E-state index in [1.807, 2.05) is 6.92 Å². The van der Waals surface area contributed by atoms with Gasteiger partial charge < -0.3 is 20.3 Å². The summed E-state index contributed by atoms with van der Waals surface area (Å²) in [4.78, 5) is 26.8. The number of hydrogen-bond donors (Lipinski definition) is 2. The maximum atomic E-state index is 12.7. The van der Waals surface area contributed by atoms with Gasteiger partial charge in [0.2, 0.25) is 11.9 Å². The Morgan fingerprint density at radius 3 is 2.66 bits per heavy atom. The van der Waals surface area contributed by atoms with Crippen molar-refractivity contribution in [1.82, 2.24) is 24.7 Å². The minimum absolute atomic E-state index is 0.183. The fraction of sp³-hybridized carbons (Fsp3) is 0.409. The number of carbonyl (C=O) groups is 1. The van der Waals surface area contributed by atoms with Crippen LogP contribution in [0.4, 0.5) is 30.6 Å². The molecule has 1 aliphatic heterocycles. The number of likely N-dealkylation sites (N-methyl/N-ethyl adjacent to an activating group) is 1. The summed E-state index contributed by atoms with van der Waals surface area (Å²) >= 11 is 0. The number of methoxy groups -OCH3 is 1. The van der Waals surface area contributed by atoms with Crippen LogP contribution in [0.3, 0.4) is 0 Å². The molecule has 186 valence electrons. The van der Waals surface area contributed by atoms with Crippen molar-refractivity contribution in [2.75, 3.05) is 29.7 Å². The molecule has 10 nitrogen and oxygen atoms in total. The van der Waals surface area contributed by atoms with Crippen molar-refractivity contribution >= 4 is 23.4 Å². The Labute approximate surface area is 199 Å². The molecule has 1 amide bonds. The molecular formula is C22H25F3N8O2. The number of nitrogens with zero attached hydrogens (tertiary/aromatic N) is 6. The summed E-state index contributed by atoms with van der Waals surface area (Å²) < 4.78 is 45.0. The third-order valence-corrected chi connectivity index (χ3v) is 5.75. The molecule has 0 radical (unpaired) electrons. The smallest absolute Gasteiger partial charge is 0.379 e. The van der Waals surface area contributed by atoms with Gasteiger partial charge in [-0.25, -0.2) is 4.98 Å². The first kappa shape index (κ1) is 24.4. The third-order valence-electron chi connectivity index (χ3n) is 5.75. The van der Waals surface area contributed by atoms with Gasteiger partial charge in [-0.1, -0.05) is 6.07 Å². The number of anilines is 3. The van der Waals surface area contributed by atoms with Crippen LogP contribution < -0.4 is 15.5 Å². The molecule has 0 unspecified atom stereocenters. The highest BCUT2D eigenvalue weighted by Gasteiger charge is 2.37. The SMILES string of the molecule is CO[C@H](C)[C@H]1C(=O)Nc2c(C)nc(NCc3cnn(Cc4ccc(C(F)(F)F)nc4)c3)nc2N1C. The first-order valence-electron chi connectivity index (χ1n) is 10.8. The van der Waals surface area contributed by atoms with Crippen LogP contribution in [-0.2, 0) is 28.8 Å². The van der Waals surface area contributed by atoms with Gasteiger partial charge in [0.15, 0.2) is 5.82 Å². The Morgan fingerprint density at radius 1 is 1.23 bits per heavy atom. The van der Waals surface area contributed by atoms with E-state index in [4.69, 9.17) is 4.74 Å². The maximum absolute atomic E-state index is 12.7. The van der Waals surface area contributed by atoms with Crippen molar-refractivity contribution in [2.45, 2.75) is 45.3 Å². The minimum Gasteiger partial charge on any atom is -0.379 e. The largest absolute Gasteiger partial charge is 0.433 e. The van der Waals surface area contributed by atoms with E-state index in [1.54, 1.807) is 43.1 Å². The molecule has 35 heavy (non-hydrogen) atoms. The monoisotopic (exact) mass is 490 g/mol. The number of aromatic nitrogens is 5. The van der Waals surface area contributed by atoms with Gasteiger partial charge in [0.05, 0.1) is 24.5 Å². The average molecular weight is 490 g/mol. The summed E-state index contributed by atoms with van der Waals surface area (Å²) in [6.45, 7) is 4.26. The predicted molar refractivity (Wildman–Crippen MR) is 122 cm³/mol. The molecule has 3 aromatic heterocycles. The lowest BCUT2D eigenvalue weighted by Gasteiger charge is -2.37. The Morgan fingerprint density at radius 2 is 2.00 bits per heavy atom. The van der Waals surface area contributed by atoms with Crippen molar-refractivity contribution in [3.8, 4) is 0 Å². The lowest BCUT2D eigenvalue weighted by atomic mass is 10.1. The third kappa shape index (κ3) is 5.19. The van der Waals surface area contributed by atoms with Gasteiger partial charge in [-0.05, 0) is 25.5 Å². The van der Waals surface area contributed by atoms with Gasteiger partial charge in [-0.3, -0.25) is 14.5 Å². The van der Waals surface area contributed by atoms with Crippen molar-refractivity contribution in [3.63, 3.8) is 0 Å². The number of carbonyl (C=O) groups excluding carboxylic acids is 1. The number of nitrogens with one attached hydrogen (secondary N) is 2. The summed E-state index contributed by atoms with van der Waals surface area (Å²) in [5.74, 6) is 0.782. The number of alkyl halides is 3. The van der Waals surface area contributed by atoms with Crippen LogP contribution in [0.5, 0.6) is 0 Å². The molecule has 2 N–H and O–H groups in total. The highest BCUT2D eigenvalue weighted by molar-refractivity contribution is 6.03. The maximum Gasteiger partial charge on any atom is 0.433 e. The van der Waals surface area contributed by atoms with Gasteiger partial charge >= 0.3 is 6.18 Å². The molecule has 1 aliphatic rings. The van der Waals surface area contributed by atoms with Crippen molar-refractivity contribution in [2.24, 2.45) is 0 Å². The van der Waals surface area contributed by atoms with Crippen LogP contribution in [0.2, 0.25) is 0 Å². The van der Waals surface area contributed by atoms with E-state index in [9.17, 15) is 18.0 Å². The van der Waals surface area contributed by atoms with Crippen LogP contribution in [0.15, 0.2) is 30.7 Å². The fourth-order valence-electron chi connectivity index (χ4n) is 3.84. The number of aryl methyl sites for hydroxylation is 1. The second kappa shape index (κ2) is 9.49. The predicted octanol–water partition coefficient (Wildman–Crippen LogP) is 2.85. The van der Waals surface area contributed by atoms with Gasteiger partial charge in [0, 0.05) is 38.7 Å². The zero-order valence-electron chi connectivity index (χ0n) is 19.6. The van der Waals surface area contributed by atoms with Crippen LogP contribution in [0, 0.1) is 6.92 Å². The Bertz CT molecular complexity index is 1210. The van der Waals surface area contributed by atoms with Crippen LogP contribution in [-0.4, -0.2) is 56.9 Å². The average Bonchev–Trinajstić information content (AvgIpc) is 3.25. The van der Waals surface area contributed by atoms with Gasteiger partial charge in [-0.15, -0.1) is 0 Å². The number of halogens is 3. The number of amides is 1. The molecule has 3 aromatic rings. The quantitative estimate of drug-likeness (QED) is 0.520. The molecule has 0 saturated heterocycles. The van der Waals surface area contributed by atoms with E-state index in [0.29, 0.717) is 35.3 Å². The van der Waals surface area contributed by atoms with Gasteiger partial charge in [0.25, 0.3) is 0 Å².